The van der Waals surface area contributed by atoms with Gasteiger partial charge in [-0.2, -0.15) is 0 Å². The molecule has 1 heterocycles. The average Bonchev–Trinajstić information content (AvgIpc) is 3.05. The molecule has 0 radical (unpaired) electrons. The highest BCUT2D eigenvalue weighted by atomic mass is 79.9. The fourth-order valence-corrected chi connectivity index (χ4v) is 2.51. The minimum Gasteiger partial charge on any atom is -0.308 e. The summed E-state index contributed by atoms with van der Waals surface area (Å²) >= 11 is 3.56. The Kier molecular flexibility index (Phi) is 3.18. The van der Waals surface area contributed by atoms with Gasteiger partial charge < -0.3 is 5.32 Å². The van der Waals surface area contributed by atoms with Crippen LogP contribution in [0.5, 0.6) is 0 Å². The first-order valence-electron chi connectivity index (χ1n) is 6.13. The number of hydrogen-bond donors (Lipinski definition) is 1. The van der Waals surface area contributed by atoms with Crippen molar-refractivity contribution in [3.05, 3.63) is 40.1 Å². The number of aromatic nitrogens is 3. The fraction of sp³-hybridized carbons (Fsp3) is 0.385. The summed E-state index contributed by atoms with van der Waals surface area (Å²) in [7, 11) is 0. The summed E-state index contributed by atoms with van der Waals surface area (Å²) in [5.41, 5.74) is 3.22. The molecule has 0 spiro atoms. The molecule has 1 N–H and O–H groups in total. The van der Waals surface area contributed by atoms with E-state index in [1.807, 2.05) is 16.9 Å². The third-order valence-corrected chi connectivity index (χ3v) is 3.68. The molecule has 4 nitrogen and oxygen atoms in total. The summed E-state index contributed by atoms with van der Waals surface area (Å²) in [4.78, 5) is 0. The van der Waals surface area contributed by atoms with Crippen LogP contribution in [0, 0.1) is 6.92 Å². The van der Waals surface area contributed by atoms with Crippen molar-refractivity contribution in [3.8, 4) is 5.69 Å². The zero-order chi connectivity index (χ0) is 12.5. The summed E-state index contributed by atoms with van der Waals surface area (Å²) in [6.07, 6.45) is 4.56. The number of benzene rings is 1. The molecule has 1 saturated carbocycles. The van der Waals surface area contributed by atoms with Gasteiger partial charge in [-0.25, -0.2) is 4.68 Å². The predicted octanol–water partition coefficient (Wildman–Crippen LogP) is 2.59. The zero-order valence-electron chi connectivity index (χ0n) is 10.2. The Morgan fingerprint density at radius 3 is 3.00 bits per heavy atom. The number of nitrogens with one attached hydrogen (secondary N) is 1. The van der Waals surface area contributed by atoms with Crippen LogP contribution in [0.1, 0.15) is 24.1 Å². The molecular formula is C13H15BrN4. The van der Waals surface area contributed by atoms with Crippen molar-refractivity contribution in [2.24, 2.45) is 0 Å². The molecule has 0 saturated heterocycles. The maximum absolute atomic E-state index is 4.19. The van der Waals surface area contributed by atoms with E-state index >= 15 is 0 Å². The van der Waals surface area contributed by atoms with Crippen LogP contribution < -0.4 is 5.32 Å². The molecule has 0 aliphatic heterocycles. The van der Waals surface area contributed by atoms with Crippen LogP contribution in [0.3, 0.4) is 0 Å². The zero-order valence-corrected chi connectivity index (χ0v) is 11.8. The van der Waals surface area contributed by atoms with Gasteiger partial charge >= 0.3 is 0 Å². The summed E-state index contributed by atoms with van der Waals surface area (Å²) in [5.74, 6) is 0. The Hall–Kier alpha value is -1.20. The second-order valence-corrected chi connectivity index (χ2v) is 5.62. The standard InChI is InChI=1S/C13H15BrN4/c1-9-2-5-13(12(14)6-9)18-8-11(16-17-18)7-15-10-3-4-10/h2,5-6,8,10,15H,3-4,7H2,1H3. The number of rotatable bonds is 4. The van der Waals surface area contributed by atoms with Gasteiger partial charge in [-0.3, -0.25) is 0 Å². The number of hydrogen-bond acceptors (Lipinski definition) is 3. The molecule has 18 heavy (non-hydrogen) atoms. The number of nitrogens with zero attached hydrogens (tertiary/aromatic N) is 3. The molecule has 1 aromatic carbocycles. The molecular weight excluding hydrogens is 292 g/mol. The second-order valence-electron chi connectivity index (χ2n) is 4.76. The lowest BCUT2D eigenvalue weighted by molar-refractivity contribution is 0.671. The van der Waals surface area contributed by atoms with Crippen LogP contribution in [-0.2, 0) is 6.54 Å². The van der Waals surface area contributed by atoms with Crippen LogP contribution in [0.4, 0.5) is 0 Å². The van der Waals surface area contributed by atoms with E-state index in [0.29, 0.717) is 6.04 Å². The van der Waals surface area contributed by atoms with Crippen molar-refractivity contribution >= 4 is 15.9 Å². The van der Waals surface area contributed by atoms with Crippen LogP contribution in [0.25, 0.3) is 5.69 Å². The van der Waals surface area contributed by atoms with E-state index < -0.39 is 0 Å². The van der Waals surface area contributed by atoms with E-state index in [0.717, 1.165) is 22.4 Å². The molecule has 0 unspecified atom stereocenters. The molecule has 0 amide bonds. The first-order valence-corrected chi connectivity index (χ1v) is 6.93. The molecule has 3 rings (SSSR count). The summed E-state index contributed by atoms with van der Waals surface area (Å²) in [6.45, 7) is 2.87. The van der Waals surface area contributed by atoms with Crippen LogP contribution in [-0.4, -0.2) is 21.0 Å². The summed E-state index contributed by atoms with van der Waals surface area (Å²) in [6, 6.07) is 6.90. The Bertz CT molecular complexity index is 560. The van der Waals surface area contributed by atoms with Crippen molar-refractivity contribution in [2.45, 2.75) is 32.4 Å². The fourth-order valence-electron chi connectivity index (χ4n) is 1.83. The van der Waals surface area contributed by atoms with E-state index in [-0.39, 0.29) is 0 Å². The van der Waals surface area contributed by atoms with Gasteiger partial charge in [0.1, 0.15) is 0 Å². The Labute approximate surface area is 115 Å². The van der Waals surface area contributed by atoms with Gasteiger partial charge in [0.25, 0.3) is 0 Å². The highest BCUT2D eigenvalue weighted by molar-refractivity contribution is 9.10. The molecule has 2 aromatic rings. The van der Waals surface area contributed by atoms with Gasteiger partial charge in [0.05, 0.1) is 17.6 Å². The Morgan fingerprint density at radius 1 is 1.44 bits per heavy atom. The Morgan fingerprint density at radius 2 is 2.28 bits per heavy atom. The second kappa shape index (κ2) is 4.82. The molecule has 1 aliphatic rings. The molecule has 5 heteroatoms. The van der Waals surface area contributed by atoms with Crippen molar-refractivity contribution in [3.63, 3.8) is 0 Å². The van der Waals surface area contributed by atoms with Crippen molar-refractivity contribution in [2.75, 3.05) is 0 Å². The van der Waals surface area contributed by atoms with Gasteiger partial charge in [0, 0.05) is 17.1 Å². The number of aryl methyl sites for hydroxylation is 1. The van der Waals surface area contributed by atoms with E-state index in [1.54, 1.807) is 0 Å². The van der Waals surface area contributed by atoms with Crippen molar-refractivity contribution in [1.82, 2.24) is 20.3 Å². The monoisotopic (exact) mass is 306 g/mol. The summed E-state index contributed by atoms with van der Waals surface area (Å²) < 4.78 is 2.85. The normalized spacial score (nSPS) is 15.0. The van der Waals surface area contributed by atoms with Crippen molar-refractivity contribution < 1.29 is 0 Å². The SMILES string of the molecule is Cc1ccc(-n2cc(CNC3CC3)nn2)c(Br)c1. The molecule has 1 aliphatic carbocycles. The van der Waals surface area contributed by atoms with E-state index in [9.17, 15) is 0 Å². The maximum atomic E-state index is 4.19. The first-order chi connectivity index (χ1) is 8.72. The quantitative estimate of drug-likeness (QED) is 0.944. The minimum atomic E-state index is 0.696. The largest absolute Gasteiger partial charge is 0.308 e. The predicted molar refractivity (Wildman–Crippen MR) is 73.7 cm³/mol. The molecule has 1 aromatic heterocycles. The smallest absolute Gasteiger partial charge is 0.0969 e. The maximum Gasteiger partial charge on any atom is 0.0969 e. The lowest BCUT2D eigenvalue weighted by atomic mass is 10.2. The molecule has 0 bridgehead atoms. The lowest BCUT2D eigenvalue weighted by Crippen LogP contribution is -2.15. The van der Waals surface area contributed by atoms with Crippen LogP contribution >= 0.6 is 15.9 Å². The minimum absolute atomic E-state index is 0.696. The average molecular weight is 307 g/mol. The van der Waals surface area contributed by atoms with Gasteiger partial charge in [0.2, 0.25) is 0 Å². The highest BCUT2D eigenvalue weighted by Crippen LogP contribution is 2.22. The first kappa shape index (κ1) is 11.9. The van der Waals surface area contributed by atoms with Gasteiger partial charge in [-0.15, -0.1) is 5.10 Å². The van der Waals surface area contributed by atoms with Gasteiger partial charge in [-0.05, 0) is 53.4 Å². The highest BCUT2D eigenvalue weighted by Gasteiger charge is 2.20. The van der Waals surface area contributed by atoms with E-state index in [2.05, 4.69) is 50.6 Å². The van der Waals surface area contributed by atoms with Gasteiger partial charge in [-0.1, -0.05) is 11.3 Å². The topological polar surface area (TPSA) is 42.7 Å². The molecule has 94 valence electrons. The lowest BCUT2D eigenvalue weighted by Gasteiger charge is -2.04. The molecule has 0 atom stereocenters. The summed E-state index contributed by atoms with van der Waals surface area (Å²) in [5, 5.41) is 11.8. The van der Waals surface area contributed by atoms with Crippen LogP contribution in [0.2, 0.25) is 0 Å². The molecule has 1 fully saturated rings. The van der Waals surface area contributed by atoms with Crippen molar-refractivity contribution in [1.29, 1.82) is 0 Å². The third kappa shape index (κ3) is 2.62. The van der Waals surface area contributed by atoms with Crippen LogP contribution in [0.15, 0.2) is 28.9 Å². The van der Waals surface area contributed by atoms with Gasteiger partial charge in [0.15, 0.2) is 0 Å². The third-order valence-electron chi connectivity index (χ3n) is 3.04. The Balaban J connectivity index is 1.78. The number of halogens is 1. The van der Waals surface area contributed by atoms with E-state index in [4.69, 9.17) is 0 Å². The van der Waals surface area contributed by atoms with E-state index in [1.165, 1.54) is 18.4 Å².